The summed E-state index contributed by atoms with van der Waals surface area (Å²) in [5.41, 5.74) is 2.45. The molecule has 2 aromatic rings. The zero-order valence-corrected chi connectivity index (χ0v) is 10.9. The smallest absolute Gasteiger partial charge is 0.0934 e. The summed E-state index contributed by atoms with van der Waals surface area (Å²) in [4.78, 5) is 1.20. The molecule has 0 radical (unpaired) electrons. The van der Waals surface area contributed by atoms with E-state index in [1.807, 2.05) is 12.3 Å². The van der Waals surface area contributed by atoms with Crippen molar-refractivity contribution >= 4 is 22.9 Å². The first-order valence-corrected chi connectivity index (χ1v) is 7.04. The van der Waals surface area contributed by atoms with E-state index in [9.17, 15) is 0 Å². The molecule has 1 aliphatic rings. The van der Waals surface area contributed by atoms with E-state index in [4.69, 9.17) is 11.6 Å². The van der Waals surface area contributed by atoms with E-state index >= 15 is 0 Å². The Morgan fingerprint density at radius 1 is 1.41 bits per heavy atom. The van der Waals surface area contributed by atoms with Crippen LogP contribution in [0.1, 0.15) is 24.5 Å². The number of piperidine rings is 1. The summed E-state index contributed by atoms with van der Waals surface area (Å²) >= 11 is 7.60. The number of rotatable bonds is 2. The summed E-state index contributed by atoms with van der Waals surface area (Å²) in [7, 11) is 0. The van der Waals surface area contributed by atoms with E-state index in [1.165, 1.54) is 29.0 Å². The Kier molecular flexibility index (Phi) is 3.18. The van der Waals surface area contributed by atoms with Crippen LogP contribution in [0.2, 0.25) is 4.34 Å². The molecule has 1 unspecified atom stereocenters. The number of H-pyrrole nitrogens is 1. The molecule has 3 rings (SSSR count). The van der Waals surface area contributed by atoms with Gasteiger partial charge in [0.15, 0.2) is 0 Å². The summed E-state index contributed by atoms with van der Waals surface area (Å²) in [5, 5.41) is 10.8. The minimum absolute atomic E-state index is 0.544. The second-order valence-electron chi connectivity index (χ2n) is 4.34. The van der Waals surface area contributed by atoms with Gasteiger partial charge >= 0.3 is 0 Å². The molecule has 0 spiro atoms. The number of thiophene rings is 1. The largest absolute Gasteiger partial charge is 0.316 e. The molecule has 90 valence electrons. The van der Waals surface area contributed by atoms with Crippen molar-refractivity contribution in [1.29, 1.82) is 0 Å². The lowest BCUT2D eigenvalue weighted by molar-refractivity contribution is 0.455. The monoisotopic (exact) mass is 267 g/mol. The lowest BCUT2D eigenvalue weighted by Gasteiger charge is -2.22. The first-order valence-electron chi connectivity index (χ1n) is 5.84. The number of hydrogen-bond donors (Lipinski definition) is 2. The number of aromatic nitrogens is 2. The van der Waals surface area contributed by atoms with Crippen molar-refractivity contribution < 1.29 is 0 Å². The topological polar surface area (TPSA) is 40.7 Å². The molecule has 3 nitrogen and oxygen atoms in total. The van der Waals surface area contributed by atoms with Crippen molar-refractivity contribution in [1.82, 2.24) is 15.5 Å². The lowest BCUT2D eigenvalue weighted by Crippen LogP contribution is -2.28. The number of hydrogen-bond acceptors (Lipinski definition) is 3. The molecule has 17 heavy (non-hydrogen) atoms. The molecule has 1 aliphatic heterocycles. The molecule has 1 fully saturated rings. The highest BCUT2D eigenvalue weighted by Gasteiger charge is 2.21. The summed E-state index contributed by atoms with van der Waals surface area (Å²) in [5.74, 6) is 0.544. The fraction of sp³-hybridized carbons (Fsp3) is 0.417. The van der Waals surface area contributed by atoms with Crippen LogP contribution in [-0.4, -0.2) is 23.3 Å². The van der Waals surface area contributed by atoms with Crippen molar-refractivity contribution in [3.05, 3.63) is 28.4 Å². The summed E-state index contributed by atoms with van der Waals surface area (Å²) in [6.45, 7) is 2.17. The third-order valence-electron chi connectivity index (χ3n) is 3.21. The van der Waals surface area contributed by atoms with Gasteiger partial charge < -0.3 is 5.32 Å². The molecule has 2 aromatic heterocycles. The maximum atomic E-state index is 5.99. The molecule has 0 aliphatic carbocycles. The van der Waals surface area contributed by atoms with E-state index in [-0.39, 0.29) is 0 Å². The van der Waals surface area contributed by atoms with E-state index in [2.05, 4.69) is 21.6 Å². The molecule has 1 saturated heterocycles. The summed E-state index contributed by atoms with van der Waals surface area (Å²) in [6, 6.07) is 4.01. The van der Waals surface area contributed by atoms with Crippen molar-refractivity contribution in [2.75, 3.05) is 13.1 Å². The highest BCUT2D eigenvalue weighted by atomic mass is 35.5. The van der Waals surface area contributed by atoms with Crippen molar-refractivity contribution in [2.24, 2.45) is 0 Å². The molecule has 3 heterocycles. The van der Waals surface area contributed by atoms with Crippen LogP contribution in [0.25, 0.3) is 10.4 Å². The maximum Gasteiger partial charge on any atom is 0.0934 e. The number of nitrogens with zero attached hydrogens (tertiary/aromatic N) is 1. The van der Waals surface area contributed by atoms with Crippen LogP contribution in [0.5, 0.6) is 0 Å². The van der Waals surface area contributed by atoms with Crippen LogP contribution in [-0.2, 0) is 0 Å². The number of nitrogens with one attached hydrogen (secondary N) is 2. The third kappa shape index (κ3) is 2.25. The van der Waals surface area contributed by atoms with Crippen LogP contribution in [0.3, 0.4) is 0 Å². The van der Waals surface area contributed by atoms with Gasteiger partial charge in [0.25, 0.3) is 0 Å². The van der Waals surface area contributed by atoms with Gasteiger partial charge in [-0.1, -0.05) is 11.6 Å². The van der Waals surface area contributed by atoms with E-state index < -0.39 is 0 Å². The van der Waals surface area contributed by atoms with Crippen molar-refractivity contribution in [3.8, 4) is 10.4 Å². The van der Waals surface area contributed by atoms with Crippen LogP contribution in [0.4, 0.5) is 0 Å². The van der Waals surface area contributed by atoms with Gasteiger partial charge in [-0.2, -0.15) is 5.10 Å². The van der Waals surface area contributed by atoms with Gasteiger partial charge in [0.2, 0.25) is 0 Å². The lowest BCUT2D eigenvalue weighted by atomic mass is 9.93. The molecular weight excluding hydrogens is 254 g/mol. The minimum atomic E-state index is 0.544. The molecule has 0 saturated carbocycles. The maximum absolute atomic E-state index is 5.99. The van der Waals surface area contributed by atoms with Crippen LogP contribution in [0.15, 0.2) is 18.3 Å². The standard InChI is InChI=1S/C12H14ClN3S/c13-11-4-3-10(17-11)9-7-15-16-12(9)8-2-1-5-14-6-8/h3-4,7-8,14H,1-2,5-6H2,(H,15,16). The first kappa shape index (κ1) is 11.3. The fourth-order valence-electron chi connectivity index (χ4n) is 2.36. The van der Waals surface area contributed by atoms with Gasteiger partial charge in [-0.3, -0.25) is 5.10 Å². The minimum Gasteiger partial charge on any atom is -0.316 e. The Morgan fingerprint density at radius 3 is 3.06 bits per heavy atom. The molecular formula is C12H14ClN3S. The second-order valence-corrected chi connectivity index (χ2v) is 6.06. The highest BCUT2D eigenvalue weighted by molar-refractivity contribution is 7.19. The van der Waals surface area contributed by atoms with Gasteiger partial charge in [-0.25, -0.2) is 0 Å². The van der Waals surface area contributed by atoms with Crippen LogP contribution in [0, 0.1) is 0 Å². The van der Waals surface area contributed by atoms with Crippen molar-refractivity contribution in [3.63, 3.8) is 0 Å². The Hall–Kier alpha value is -0.840. The predicted molar refractivity (Wildman–Crippen MR) is 71.8 cm³/mol. The van der Waals surface area contributed by atoms with Crippen molar-refractivity contribution in [2.45, 2.75) is 18.8 Å². The average Bonchev–Trinajstić information content (AvgIpc) is 2.98. The van der Waals surface area contributed by atoms with Crippen LogP contribution >= 0.6 is 22.9 Å². The number of aromatic amines is 1. The fourth-order valence-corrected chi connectivity index (χ4v) is 3.43. The average molecular weight is 268 g/mol. The van der Waals surface area contributed by atoms with Gasteiger partial charge in [0.1, 0.15) is 0 Å². The Balaban J connectivity index is 1.93. The van der Waals surface area contributed by atoms with Crippen LogP contribution < -0.4 is 5.32 Å². The second kappa shape index (κ2) is 4.80. The normalized spacial score (nSPS) is 20.6. The summed E-state index contributed by atoms with van der Waals surface area (Å²) in [6.07, 6.45) is 4.36. The quantitative estimate of drug-likeness (QED) is 0.877. The Bertz CT molecular complexity index is 499. The zero-order valence-electron chi connectivity index (χ0n) is 9.37. The molecule has 0 bridgehead atoms. The number of halogens is 1. The summed E-state index contributed by atoms with van der Waals surface area (Å²) < 4.78 is 0.828. The SMILES string of the molecule is Clc1ccc(-c2cn[nH]c2C2CCCNC2)s1. The van der Waals surface area contributed by atoms with E-state index in [0.717, 1.165) is 17.4 Å². The zero-order chi connectivity index (χ0) is 11.7. The molecule has 1 atom stereocenters. The predicted octanol–water partition coefficient (Wildman–Crippen LogP) is 3.26. The van der Waals surface area contributed by atoms with E-state index in [0.29, 0.717) is 5.92 Å². The van der Waals surface area contributed by atoms with Gasteiger partial charge in [0.05, 0.1) is 10.5 Å². The Morgan fingerprint density at radius 2 is 2.35 bits per heavy atom. The van der Waals surface area contributed by atoms with Gasteiger partial charge in [0, 0.05) is 28.6 Å². The van der Waals surface area contributed by atoms with Gasteiger partial charge in [-0.05, 0) is 31.5 Å². The highest BCUT2D eigenvalue weighted by Crippen LogP contribution is 2.36. The Labute approximate surface area is 109 Å². The first-order chi connectivity index (χ1) is 8.34. The van der Waals surface area contributed by atoms with E-state index in [1.54, 1.807) is 11.3 Å². The molecule has 5 heteroatoms. The molecule has 2 N–H and O–H groups in total. The molecule has 0 amide bonds. The van der Waals surface area contributed by atoms with Gasteiger partial charge in [-0.15, -0.1) is 11.3 Å². The molecule has 0 aromatic carbocycles. The third-order valence-corrected chi connectivity index (χ3v) is 4.48.